The number of quaternary nitrogens is 2. The molecule has 0 amide bonds. The smallest absolute Gasteiger partial charge is 0.305 e. The predicted molar refractivity (Wildman–Crippen MR) is 213 cm³/mol. The molecule has 0 aliphatic rings. The first kappa shape index (κ1) is 56.6. The second-order valence-corrected chi connectivity index (χ2v) is 16.7. The largest absolute Gasteiger partial charge is 1.00 e. The van der Waals surface area contributed by atoms with Crippen LogP contribution in [0.4, 0.5) is 0 Å². The molecule has 320 valence electrons. The molecule has 53 heavy (non-hydrogen) atoms. The van der Waals surface area contributed by atoms with Crippen LogP contribution in [0.2, 0.25) is 0 Å². The van der Waals surface area contributed by atoms with E-state index in [1.54, 1.807) is 0 Å². The molecule has 0 bridgehead atoms. The SMILES string of the molecule is CCCCCCCCCC(=O)OCCC[N+](C)(C)CC(O)CN(CCCCCC)CC(O)C[N+](C)(C)CCCOC(=O)CCCCCCCCC.[Cl-].[Cl-]. The zero-order valence-corrected chi connectivity index (χ0v) is 37.2. The lowest BCUT2D eigenvalue weighted by Crippen LogP contribution is -3.00. The van der Waals surface area contributed by atoms with Crippen molar-refractivity contribution in [2.75, 3.05) is 87.2 Å². The summed E-state index contributed by atoms with van der Waals surface area (Å²) in [6, 6.07) is 0. The highest BCUT2D eigenvalue weighted by atomic mass is 35.5. The van der Waals surface area contributed by atoms with Gasteiger partial charge in [-0.15, -0.1) is 0 Å². The quantitative estimate of drug-likeness (QED) is 0.0564. The predicted octanol–water partition coefficient (Wildman–Crippen LogP) is 1.90. The first-order chi connectivity index (χ1) is 24.3. The van der Waals surface area contributed by atoms with Crippen molar-refractivity contribution in [1.82, 2.24) is 4.90 Å². The number of nitrogens with zero attached hydrogens (tertiary/aromatic N) is 3. The number of carbonyl (C=O) groups excluding carboxylic acids is 2. The minimum Gasteiger partial charge on any atom is -1.00 e. The van der Waals surface area contributed by atoms with Gasteiger partial charge in [0.15, 0.2) is 0 Å². The Balaban J connectivity index is -0.0000125. The van der Waals surface area contributed by atoms with Crippen molar-refractivity contribution in [1.29, 1.82) is 0 Å². The van der Waals surface area contributed by atoms with Gasteiger partial charge in [-0.05, 0) is 25.8 Å². The molecule has 0 aromatic rings. The zero-order chi connectivity index (χ0) is 38.2. The summed E-state index contributed by atoms with van der Waals surface area (Å²) in [5.74, 6) is -0.184. The van der Waals surface area contributed by atoms with Crippen LogP contribution < -0.4 is 24.8 Å². The number of carbonyl (C=O) groups is 2. The van der Waals surface area contributed by atoms with E-state index in [1.807, 2.05) is 0 Å². The molecule has 2 unspecified atom stereocenters. The van der Waals surface area contributed by atoms with E-state index in [0.717, 1.165) is 71.0 Å². The van der Waals surface area contributed by atoms with Gasteiger partial charge in [-0.2, -0.15) is 0 Å². The van der Waals surface area contributed by atoms with E-state index in [0.29, 0.717) is 61.2 Å². The van der Waals surface area contributed by atoms with E-state index in [-0.39, 0.29) is 36.8 Å². The molecule has 11 heteroatoms. The van der Waals surface area contributed by atoms with Gasteiger partial charge < -0.3 is 53.5 Å². The number of halogens is 2. The molecular weight excluding hydrogens is 713 g/mol. The van der Waals surface area contributed by atoms with Crippen LogP contribution in [0.15, 0.2) is 0 Å². The Morgan fingerprint density at radius 2 is 0.830 bits per heavy atom. The summed E-state index contributed by atoms with van der Waals surface area (Å²) in [4.78, 5) is 26.5. The number of hydrogen-bond donors (Lipinski definition) is 2. The molecule has 0 aliphatic heterocycles. The van der Waals surface area contributed by atoms with Crippen molar-refractivity contribution in [3.05, 3.63) is 0 Å². The zero-order valence-electron chi connectivity index (χ0n) is 35.7. The molecule has 0 saturated heterocycles. The lowest BCUT2D eigenvalue weighted by Gasteiger charge is -2.36. The van der Waals surface area contributed by atoms with Crippen molar-refractivity contribution < 1.29 is 63.1 Å². The number of rotatable bonds is 37. The third-order valence-corrected chi connectivity index (χ3v) is 9.99. The van der Waals surface area contributed by atoms with E-state index in [4.69, 9.17) is 9.47 Å². The minimum atomic E-state index is -0.517. The van der Waals surface area contributed by atoms with Crippen LogP contribution in [0.3, 0.4) is 0 Å². The van der Waals surface area contributed by atoms with Crippen molar-refractivity contribution in [2.24, 2.45) is 0 Å². The third kappa shape index (κ3) is 38.0. The van der Waals surface area contributed by atoms with E-state index >= 15 is 0 Å². The van der Waals surface area contributed by atoms with Crippen LogP contribution in [0.1, 0.15) is 162 Å². The maximum Gasteiger partial charge on any atom is 0.305 e. The van der Waals surface area contributed by atoms with Gasteiger partial charge in [0.2, 0.25) is 0 Å². The molecule has 0 saturated carbocycles. The van der Waals surface area contributed by atoms with Gasteiger partial charge in [0, 0.05) is 38.8 Å². The molecule has 2 N–H and O–H groups in total. The number of likely N-dealkylation sites (N-methyl/N-ethyl adjacent to an activating group) is 2. The molecule has 2 atom stereocenters. The van der Waals surface area contributed by atoms with Gasteiger partial charge in [0.05, 0.1) is 54.5 Å². The lowest BCUT2D eigenvalue weighted by molar-refractivity contribution is -0.893. The maximum absolute atomic E-state index is 12.2. The molecule has 0 radical (unpaired) electrons. The van der Waals surface area contributed by atoms with E-state index in [1.165, 1.54) is 77.0 Å². The first-order valence-corrected chi connectivity index (χ1v) is 21.4. The maximum atomic E-state index is 12.2. The summed E-state index contributed by atoms with van der Waals surface area (Å²) in [6.45, 7) is 12.3. The van der Waals surface area contributed by atoms with E-state index < -0.39 is 12.2 Å². The van der Waals surface area contributed by atoms with Crippen molar-refractivity contribution in [2.45, 2.75) is 174 Å². The Hall–Kier alpha value is -0.680. The fourth-order valence-corrected chi connectivity index (χ4v) is 7.01. The second-order valence-electron chi connectivity index (χ2n) is 16.7. The van der Waals surface area contributed by atoms with Crippen LogP contribution in [0.25, 0.3) is 0 Å². The first-order valence-electron chi connectivity index (χ1n) is 21.4. The van der Waals surface area contributed by atoms with Crippen LogP contribution in [0.5, 0.6) is 0 Å². The Bertz CT molecular complexity index is 777. The summed E-state index contributed by atoms with van der Waals surface area (Å²) in [7, 11) is 8.49. The molecule has 0 rings (SSSR count). The average Bonchev–Trinajstić information content (AvgIpc) is 3.05. The molecular formula is C42H87Cl2N3O6. The number of ether oxygens (including phenoxy) is 2. The van der Waals surface area contributed by atoms with Crippen LogP contribution in [-0.2, 0) is 19.1 Å². The van der Waals surface area contributed by atoms with Gasteiger partial charge >= 0.3 is 11.9 Å². The highest BCUT2D eigenvalue weighted by molar-refractivity contribution is 5.69. The summed E-state index contributed by atoms with van der Waals surface area (Å²) in [5.41, 5.74) is 0. The number of esters is 2. The highest BCUT2D eigenvalue weighted by Crippen LogP contribution is 2.12. The third-order valence-electron chi connectivity index (χ3n) is 9.99. The molecule has 0 aromatic heterocycles. The molecule has 0 heterocycles. The Labute approximate surface area is 340 Å². The van der Waals surface area contributed by atoms with E-state index in [2.05, 4.69) is 53.9 Å². The van der Waals surface area contributed by atoms with Gasteiger partial charge in [-0.1, -0.05) is 117 Å². The molecule has 0 spiro atoms. The summed E-state index contributed by atoms with van der Waals surface area (Å²) < 4.78 is 12.3. The van der Waals surface area contributed by atoms with Crippen molar-refractivity contribution in [3.8, 4) is 0 Å². The highest BCUT2D eigenvalue weighted by Gasteiger charge is 2.26. The Morgan fingerprint density at radius 1 is 0.509 bits per heavy atom. The van der Waals surface area contributed by atoms with Gasteiger partial charge in [0.25, 0.3) is 0 Å². The van der Waals surface area contributed by atoms with Crippen molar-refractivity contribution in [3.63, 3.8) is 0 Å². The fourth-order valence-electron chi connectivity index (χ4n) is 7.01. The number of unbranched alkanes of at least 4 members (excludes halogenated alkanes) is 15. The van der Waals surface area contributed by atoms with Crippen LogP contribution in [0, 0.1) is 0 Å². The monoisotopic (exact) mass is 800 g/mol. The number of aliphatic hydroxyl groups is 2. The summed E-state index contributed by atoms with van der Waals surface area (Å²) >= 11 is 0. The molecule has 9 nitrogen and oxygen atoms in total. The number of aliphatic hydroxyl groups excluding tert-OH is 2. The minimum absolute atomic E-state index is 0. The Kier molecular flexibility index (Phi) is 39.5. The van der Waals surface area contributed by atoms with Crippen LogP contribution >= 0.6 is 0 Å². The normalized spacial score (nSPS) is 12.9. The second kappa shape index (κ2) is 36.9. The topological polar surface area (TPSA) is 96.3 Å². The van der Waals surface area contributed by atoms with E-state index in [9.17, 15) is 19.8 Å². The van der Waals surface area contributed by atoms with Gasteiger partial charge in [-0.25, -0.2) is 0 Å². The summed E-state index contributed by atoms with van der Waals surface area (Å²) in [6.07, 6.45) is 22.7. The van der Waals surface area contributed by atoms with Crippen LogP contribution in [-0.4, -0.2) is 135 Å². The molecule has 0 aromatic carbocycles. The molecule has 0 aliphatic carbocycles. The van der Waals surface area contributed by atoms with Crippen molar-refractivity contribution >= 4 is 11.9 Å². The molecule has 0 fully saturated rings. The lowest BCUT2D eigenvalue weighted by atomic mass is 10.1. The fraction of sp³-hybridized carbons (Fsp3) is 0.952. The summed E-state index contributed by atoms with van der Waals surface area (Å²) in [5, 5.41) is 22.3. The Morgan fingerprint density at radius 3 is 1.19 bits per heavy atom. The van der Waals surface area contributed by atoms with Gasteiger partial charge in [-0.3, -0.25) is 14.5 Å². The average molecular weight is 801 g/mol. The van der Waals surface area contributed by atoms with Gasteiger partial charge in [0.1, 0.15) is 25.3 Å². The standard InChI is InChI=1S/C42H87N3O6.2ClH/c1-8-11-14-17-19-21-23-28-41(48)50-33-26-31-44(4,5)37-39(46)35-43(30-25-16-13-10-3)36-40(47)38-45(6,7)32-27-34-51-42(49)29-24-22-20-18-15-12-9-2;;/h39-40,46-47H,8-38H2,1-7H3;2*1H/q+2;;/p-2. The number of hydrogen-bond acceptors (Lipinski definition) is 7.